The molecule has 6 nitrogen and oxygen atoms in total. The molecule has 2 heterocycles. The van der Waals surface area contributed by atoms with Gasteiger partial charge in [0.1, 0.15) is 0 Å². The van der Waals surface area contributed by atoms with Crippen LogP contribution in [0.5, 0.6) is 0 Å². The van der Waals surface area contributed by atoms with E-state index < -0.39 is 0 Å². The number of anilines is 1. The number of nitrogens with one attached hydrogen (secondary N) is 1. The number of amides is 2. The van der Waals surface area contributed by atoms with Crippen LogP contribution < -0.4 is 11.1 Å². The molecule has 0 bridgehead atoms. The zero-order valence-electron chi connectivity index (χ0n) is 15.6. The molecule has 3 N–H and O–H groups in total. The minimum absolute atomic E-state index is 0.00457. The Morgan fingerprint density at radius 1 is 1.31 bits per heavy atom. The number of nitrogen functional groups attached to an aromatic ring is 1. The smallest absolute Gasteiger partial charge is 0.225 e. The molecule has 1 aromatic rings. The summed E-state index contributed by atoms with van der Waals surface area (Å²) in [5, 5.41) is 2.98. The predicted molar refractivity (Wildman–Crippen MR) is 103 cm³/mol. The maximum Gasteiger partial charge on any atom is 0.225 e. The Hall–Kier alpha value is -2.08. The van der Waals surface area contributed by atoms with E-state index in [1.807, 2.05) is 29.2 Å². The summed E-state index contributed by atoms with van der Waals surface area (Å²) < 4.78 is 0. The summed E-state index contributed by atoms with van der Waals surface area (Å²) >= 11 is 0. The van der Waals surface area contributed by atoms with Gasteiger partial charge in [-0.2, -0.15) is 0 Å². The molecule has 0 aliphatic carbocycles. The third-order valence-corrected chi connectivity index (χ3v) is 5.61. The van der Waals surface area contributed by atoms with Crippen LogP contribution in [-0.4, -0.2) is 60.4 Å². The first kappa shape index (κ1) is 18.7. The van der Waals surface area contributed by atoms with Gasteiger partial charge in [0.25, 0.3) is 0 Å². The topological polar surface area (TPSA) is 78.7 Å². The first-order valence-corrected chi connectivity index (χ1v) is 9.70. The van der Waals surface area contributed by atoms with Crippen LogP contribution in [0, 0.1) is 5.92 Å². The second-order valence-electron chi connectivity index (χ2n) is 7.41. The maximum atomic E-state index is 12.4. The van der Waals surface area contributed by atoms with Gasteiger partial charge < -0.3 is 16.0 Å². The normalized spacial score (nSPS) is 23.6. The molecule has 0 aromatic heterocycles. The first-order chi connectivity index (χ1) is 12.6. The molecule has 0 saturated carbocycles. The van der Waals surface area contributed by atoms with Crippen molar-refractivity contribution in [3.63, 3.8) is 0 Å². The van der Waals surface area contributed by atoms with Crippen molar-refractivity contribution >= 4 is 17.5 Å². The average Bonchev–Trinajstić information content (AvgIpc) is 3.23. The molecule has 2 unspecified atom stereocenters. The predicted octanol–water partition coefficient (Wildman–Crippen LogP) is 1.26. The SMILES string of the molecule is CCN1CCCC1CN1CC(C(=O)NCCc2ccc(N)cc2)CC1=O. The van der Waals surface area contributed by atoms with Gasteiger partial charge in [0.2, 0.25) is 11.8 Å². The molecule has 142 valence electrons. The van der Waals surface area contributed by atoms with E-state index in [1.165, 1.54) is 6.42 Å². The lowest BCUT2D eigenvalue weighted by atomic mass is 10.1. The van der Waals surface area contributed by atoms with E-state index in [-0.39, 0.29) is 17.7 Å². The van der Waals surface area contributed by atoms with Crippen molar-refractivity contribution in [2.75, 3.05) is 38.5 Å². The van der Waals surface area contributed by atoms with Gasteiger partial charge in [0.15, 0.2) is 0 Å². The summed E-state index contributed by atoms with van der Waals surface area (Å²) in [6.45, 7) is 6.23. The maximum absolute atomic E-state index is 12.4. The highest BCUT2D eigenvalue weighted by Gasteiger charge is 2.36. The number of nitrogens with two attached hydrogens (primary N) is 1. The zero-order chi connectivity index (χ0) is 18.5. The van der Waals surface area contributed by atoms with Gasteiger partial charge >= 0.3 is 0 Å². The Morgan fingerprint density at radius 3 is 2.81 bits per heavy atom. The van der Waals surface area contributed by atoms with Gasteiger partial charge in [-0.15, -0.1) is 0 Å². The van der Waals surface area contributed by atoms with E-state index in [4.69, 9.17) is 5.73 Å². The van der Waals surface area contributed by atoms with Gasteiger partial charge in [-0.3, -0.25) is 14.5 Å². The van der Waals surface area contributed by atoms with E-state index in [2.05, 4.69) is 17.1 Å². The number of hydrogen-bond acceptors (Lipinski definition) is 4. The van der Waals surface area contributed by atoms with E-state index in [1.54, 1.807) is 0 Å². The number of benzene rings is 1. The van der Waals surface area contributed by atoms with Gasteiger partial charge in [-0.05, 0) is 50.0 Å². The van der Waals surface area contributed by atoms with Crippen LogP contribution in [0.15, 0.2) is 24.3 Å². The fraction of sp³-hybridized carbons (Fsp3) is 0.600. The van der Waals surface area contributed by atoms with Crippen molar-refractivity contribution in [1.29, 1.82) is 0 Å². The average molecular weight is 358 g/mol. The van der Waals surface area contributed by atoms with Crippen LogP contribution in [0.2, 0.25) is 0 Å². The number of carbonyl (C=O) groups excluding carboxylic acids is 2. The van der Waals surface area contributed by atoms with Crippen LogP contribution in [0.25, 0.3) is 0 Å². The highest BCUT2D eigenvalue weighted by Crippen LogP contribution is 2.23. The van der Waals surface area contributed by atoms with Gasteiger partial charge in [0, 0.05) is 37.8 Å². The third kappa shape index (κ3) is 4.55. The second-order valence-corrected chi connectivity index (χ2v) is 7.41. The molecule has 3 rings (SSSR count). The summed E-state index contributed by atoms with van der Waals surface area (Å²) in [6, 6.07) is 8.14. The molecule has 0 radical (unpaired) electrons. The Morgan fingerprint density at radius 2 is 2.08 bits per heavy atom. The summed E-state index contributed by atoms with van der Waals surface area (Å²) in [5.41, 5.74) is 7.56. The largest absolute Gasteiger partial charge is 0.399 e. The molecule has 1 aromatic carbocycles. The fourth-order valence-electron chi connectivity index (χ4n) is 4.06. The number of carbonyl (C=O) groups is 2. The van der Waals surface area contributed by atoms with Crippen molar-refractivity contribution in [3.8, 4) is 0 Å². The standard InChI is InChI=1S/C20H30N4O2/c1-2-23-11-3-4-18(23)14-24-13-16(12-19(24)25)20(26)22-10-9-15-5-7-17(21)8-6-15/h5-8,16,18H,2-4,9-14,21H2,1H3,(H,22,26). The van der Waals surface area contributed by atoms with Crippen molar-refractivity contribution in [2.24, 2.45) is 5.92 Å². The molecule has 0 spiro atoms. The van der Waals surface area contributed by atoms with Crippen molar-refractivity contribution in [1.82, 2.24) is 15.1 Å². The molecule has 2 aliphatic rings. The van der Waals surface area contributed by atoms with Crippen LogP contribution in [-0.2, 0) is 16.0 Å². The fourth-order valence-corrected chi connectivity index (χ4v) is 4.06. The molecule has 2 atom stereocenters. The lowest BCUT2D eigenvalue weighted by Gasteiger charge is -2.27. The van der Waals surface area contributed by atoms with Gasteiger partial charge in [0.05, 0.1) is 5.92 Å². The molecule has 6 heteroatoms. The van der Waals surface area contributed by atoms with E-state index in [0.29, 0.717) is 25.6 Å². The number of nitrogens with zero attached hydrogens (tertiary/aromatic N) is 2. The number of likely N-dealkylation sites (tertiary alicyclic amines) is 2. The van der Waals surface area contributed by atoms with Crippen molar-refractivity contribution in [2.45, 2.75) is 38.6 Å². The van der Waals surface area contributed by atoms with Gasteiger partial charge in [-0.1, -0.05) is 19.1 Å². The molecule has 2 fully saturated rings. The number of likely N-dealkylation sites (N-methyl/N-ethyl adjacent to an activating group) is 1. The molecule has 26 heavy (non-hydrogen) atoms. The van der Waals surface area contributed by atoms with Crippen molar-refractivity contribution in [3.05, 3.63) is 29.8 Å². The summed E-state index contributed by atoms with van der Waals surface area (Å²) in [6.07, 6.45) is 3.46. The lowest BCUT2D eigenvalue weighted by Crippen LogP contribution is -2.41. The van der Waals surface area contributed by atoms with Crippen molar-refractivity contribution < 1.29 is 9.59 Å². The highest BCUT2D eigenvalue weighted by molar-refractivity contribution is 5.89. The van der Waals surface area contributed by atoms with Crippen LogP contribution in [0.4, 0.5) is 5.69 Å². The summed E-state index contributed by atoms with van der Waals surface area (Å²) in [5.74, 6) is -0.105. The highest BCUT2D eigenvalue weighted by atomic mass is 16.2. The van der Waals surface area contributed by atoms with Gasteiger partial charge in [-0.25, -0.2) is 0 Å². The van der Waals surface area contributed by atoms with E-state index in [9.17, 15) is 9.59 Å². The molecule has 2 saturated heterocycles. The van der Waals surface area contributed by atoms with E-state index >= 15 is 0 Å². The quantitative estimate of drug-likeness (QED) is 0.719. The monoisotopic (exact) mass is 358 g/mol. The lowest BCUT2D eigenvalue weighted by molar-refractivity contribution is -0.129. The molecule has 2 amide bonds. The Kier molecular flexibility index (Phi) is 6.14. The van der Waals surface area contributed by atoms with Crippen LogP contribution >= 0.6 is 0 Å². The minimum Gasteiger partial charge on any atom is -0.399 e. The Balaban J connectivity index is 1.43. The minimum atomic E-state index is -0.217. The molecular formula is C20H30N4O2. The van der Waals surface area contributed by atoms with Crippen LogP contribution in [0.1, 0.15) is 31.7 Å². The van der Waals surface area contributed by atoms with Crippen LogP contribution in [0.3, 0.4) is 0 Å². The Bertz CT molecular complexity index is 631. The number of rotatable bonds is 7. The first-order valence-electron chi connectivity index (χ1n) is 9.70. The van der Waals surface area contributed by atoms with E-state index in [0.717, 1.165) is 43.7 Å². The Labute approximate surface area is 155 Å². The zero-order valence-corrected chi connectivity index (χ0v) is 15.6. The second kappa shape index (κ2) is 8.54. The molecular weight excluding hydrogens is 328 g/mol. The summed E-state index contributed by atoms with van der Waals surface area (Å²) in [7, 11) is 0. The molecule has 2 aliphatic heterocycles. The summed E-state index contributed by atoms with van der Waals surface area (Å²) in [4.78, 5) is 29.1. The number of hydrogen-bond donors (Lipinski definition) is 2. The third-order valence-electron chi connectivity index (χ3n) is 5.61.